The molecule has 2 N–H and O–H groups in total. The van der Waals surface area contributed by atoms with Crippen molar-refractivity contribution in [3.63, 3.8) is 0 Å². The molecule has 8 nitrogen and oxygen atoms in total. The van der Waals surface area contributed by atoms with Crippen LogP contribution in [0, 0.1) is 0 Å². The summed E-state index contributed by atoms with van der Waals surface area (Å²) in [5.41, 5.74) is 10.2. The van der Waals surface area contributed by atoms with Crippen molar-refractivity contribution in [2.24, 2.45) is 10.7 Å². The Kier molecular flexibility index (Phi) is 8.12. The van der Waals surface area contributed by atoms with Gasteiger partial charge in [-0.2, -0.15) is 9.78 Å². The highest BCUT2D eigenvalue weighted by Crippen LogP contribution is 2.34. The number of nitrogens with zero attached hydrogens (tertiary/aromatic N) is 6. The molecule has 1 unspecified atom stereocenters. The summed E-state index contributed by atoms with van der Waals surface area (Å²) < 4.78 is 16.4. The second kappa shape index (κ2) is 11.2. The lowest BCUT2D eigenvalue weighted by Gasteiger charge is -2.18. The Morgan fingerprint density at radius 1 is 1.24 bits per heavy atom. The van der Waals surface area contributed by atoms with Gasteiger partial charge in [-0.05, 0) is 31.4 Å². The molecule has 0 spiro atoms. The molecule has 0 amide bonds. The molecule has 0 aromatic carbocycles. The van der Waals surface area contributed by atoms with Gasteiger partial charge in [-0.25, -0.2) is 13.5 Å². The number of halogens is 1. The number of nitrogens with two attached hydrogens (primary N) is 1. The van der Waals surface area contributed by atoms with Crippen LogP contribution in [-0.2, 0) is 11.0 Å². The van der Waals surface area contributed by atoms with E-state index in [1.807, 2.05) is 29.8 Å². The summed E-state index contributed by atoms with van der Waals surface area (Å²) >= 11 is 3.56. The number of pyridine rings is 1. The van der Waals surface area contributed by atoms with Crippen LogP contribution < -0.4 is 5.73 Å². The SMILES string of the molecule is CC/C(Br)=C(/N)n1ncc(-c2cnc3c(c2)C=CCC=C3)c1/N=C/N1CCCN(S(C)=O)CC1. The second-order valence-corrected chi connectivity index (χ2v) is 10.5. The van der Waals surface area contributed by atoms with E-state index in [0.717, 1.165) is 72.3 Å². The van der Waals surface area contributed by atoms with Gasteiger partial charge < -0.3 is 10.6 Å². The molecule has 34 heavy (non-hydrogen) atoms. The molecule has 0 bridgehead atoms. The first kappa shape index (κ1) is 24.6. The van der Waals surface area contributed by atoms with Crippen LogP contribution in [-0.4, -0.2) is 67.0 Å². The van der Waals surface area contributed by atoms with Crippen LogP contribution in [0.1, 0.15) is 37.4 Å². The zero-order valence-electron chi connectivity index (χ0n) is 19.5. The molecule has 180 valence electrons. The maximum absolute atomic E-state index is 11.9. The van der Waals surface area contributed by atoms with Crippen LogP contribution in [0.4, 0.5) is 5.82 Å². The van der Waals surface area contributed by atoms with Crippen molar-refractivity contribution < 1.29 is 4.21 Å². The highest BCUT2D eigenvalue weighted by Gasteiger charge is 2.18. The van der Waals surface area contributed by atoms with Crippen LogP contribution in [0.3, 0.4) is 0 Å². The maximum atomic E-state index is 11.9. The number of rotatable bonds is 6. The molecule has 1 atom stereocenters. The zero-order valence-corrected chi connectivity index (χ0v) is 21.9. The number of fused-ring (bicyclic) bond motifs is 1. The summed E-state index contributed by atoms with van der Waals surface area (Å²) in [4.78, 5) is 11.7. The van der Waals surface area contributed by atoms with Crippen molar-refractivity contribution in [3.8, 4) is 11.1 Å². The van der Waals surface area contributed by atoms with Crippen LogP contribution >= 0.6 is 15.9 Å². The standard InChI is InChI=1S/C24H30BrN7OS/c1-3-21(25)23(26)32-24(28-17-30-10-7-11-31(13-12-30)34(2)33)20(16-29-32)19-14-18-8-5-4-6-9-22(18)27-15-19/h5-6,8-9,14-17H,3-4,7,10-13,26H2,1-2H3/b23-21+,28-17+. The van der Waals surface area contributed by atoms with Crippen molar-refractivity contribution in [2.45, 2.75) is 26.2 Å². The van der Waals surface area contributed by atoms with Gasteiger partial charge in [-0.1, -0.05) is 41.1 Å². The van der Waals surface area contributed by atoms with Crippen molar-refractivity contribution in [1.29, 1.82) is 0 Å². The molecule has 0 radical (unpaired) electrons. The van der Waals surface area contributed by atoms with E-state index in [-0.39, 0.29) is 0 Å². The minimum absolute atomic E-state index is 0.509. The lowest BCUT2D eigenvalue weighted by Crippen LogP contribution is -2.30. The van der Waals surface area contributed by atoms with Gasteiger partial charge in [0.1, 0.15) is 5.82 Å². The molecule has 1 aliphatic carbocycles. The van der Waals surface area contributed by atoms with E-state index in [4.69, 9.17) is 10.7 Å². The molecule has 1 aliphatic heterocycles. The van der Waals surface area contributed by atoms with Crippen molar-refractivity contribution in [3.05, 3.63) is 46.4 Å². The summed E-state index contributed by atoms with van der Waals surface area (Å²) in [5.74, 6) is 1.16. The van der Waals surface area contributed by atoms with Crippen LogP contribution in [0.2, 0.25) is 0 Å². The molecule has 2 aromatic heterocycles. The molecule has 3 heterocycles. The molecule has 2 aromatic rings. The summed E-state index contributed by atoms with van der Waals surface area (Å²) in [6.07, 6.45) is 18.2. The summed E-state index contributed by atoms with van der Waals surface area (Å²) in [6, 6.07) is 2.12. The Balaban J connectivity index is 1.71. The van der Waals surface area contributed by atoms with Crippen LogP contribution in [0.15, 0.2) is 40.1 Å². The van der Waals surface area contributed by atoms with E-state index in [2.05, 4.69) is 55.2 Å². The predicted octanol–water partition coefficient (Wildman–Crippen LogP) is 4.23. The number of hydrogen-bond acceptors (Lipinski definition) is 5. The summed E-state index contributed by atoms with van der Waals surface area (Å²) in [6.45, 7) is 5.19. The van der Waals surface area contributed by atoms with Gasteiger partial charge in [-0.3, -0.25) is 4.98 Å². The monoisotopic (exact) mass is 543 g/mol. The lowest BCUT2D eigenvalue weighted by atomic mass is 10.1. The topological polar surface area (TPSA) is 92.6 Å². The molecule has 4 rings (SSSR count). The van der Waals surface area contributed by atoms with Crippen molar-refractivity contribution in [2.75, 3.05) is 32.4 Å². The third kappa shape index (κ3) is 5.56. The van der Waals surface area contributed by atoms with Gasteiger partial charge in [0.25, 0.3) is 0 Å². The van der Waals surface area contributed by atoms with Gasteiger partial charge in [0.2, 0.25) is 0 Å². The first-order chi connectivity index (χ1) is 16.5. The number of hydrogen-bond donors (Lipinski definition) is 1. The quantitative estimate of drug-likeness (QED) is 0.434. The Morgan fingerprint density at radius 2 is 2.06 bits per heavy atom. The van der Waals surface area contributed by atoms with Gasteiger partial charge in [0.15, 0.2) is 5.82 Å². The first-order valence-electron chi connectivity index (χ1n) is 11.4. The van der Waals surface area contributed by atoms with Gasteiger partial charge in [-0.15, -0.1) is 0 Å². The van der Waals surface area contributed by atoms with E-state index < -0.39 is 11.0 Å². The summed E-state index contributed by atoms with van der Waals surface area (Å²) in [5, 5.41) is 4.57. The van der Waals surface area contributed by atoms with E-state index in [1.54, 1.807) is 17.1 Å². The fourth-order valence-corrected chi connectivity index (χ4v) is 4.82. The van der Waals surface area contributed by atoms with E-state index in [9.17, 15) is 4.21 Å². The molecule has 0 saturated carbocycles. The molecule has 2 aliphatic rings. The molecular weight excluding hydrogens is 514 g/mol. The molecule has 1 saturated heterocycles. The highest BCUT2D eigenvalue weighted by molar-refractivity contribution is 9.11. The lowest BCUT2D eigenvalue weighted by molar-refractivity contribution is 0.433. The molecular formula is C24H30BrN7OS. The average Bonchev–Trinajstić information content (AvgIpc) is 2.99. The zero-order chi connectivity index (χ0) is 24.1. The second-order valence-electron chi connectivity index (χ2n) is 8.16. The highest BCUT2D eigenvalue weighted by atomic mass is 79.9. The minimum Gasteiger partial charge on any atom is -0.383 e. The fourth-order valence-electron chi connectivity index (χ4n) is 3.93. The Hall–Kier alpha value is -2.56. The van der Waals surface area contributed by atoms with Crippen LogP contribution in [0.25, 0.3) is 29.1 Å². The van der Waals surface area contributed by atoms with E-state index >= 15 is 0 Å². The number of aliphatic imine (C=N–C) groups is 1. The third-order valence-corrected chi connectivity index (χ3v) is 7.92. The molecule has 1 fully saturated rings. The fraction of sp³-hybridized carbons (Fsp3) is 0.375. The van der Waals surface area contributed by atoms with Crippen molar-refractivity contribution in [1.82, 2.24) is 24.0 Å². The predicted molar refractivity (Wildman–Crippen MR) is 145 cm³/mol. The van der Waals surface area contributed by atoms with E-state index in [1.165, 1.54) is 0 Å². The normalized spacial score (nSPS) is 18.5. The largest absolute Gasteiger partial charge is 0.383 e. The van der Waals surface area contributed by atoms with E-state index in [0.29, 0.717) is 11.6 Å². The van der Waals surface area contributed by atoms with Gasteiger partial charge in [0, 0.05) is 59.8 Å². The number of aromatic nitrogens is 3. The van der Waals surface area contributed by atoms with Gasteiger partial charge in [0.05, 0.1) is 29.2 Å². The van der Waals surface area contributed by atoms with Crippen molar-refractivity contribution >= 4 is 57.0 Å². The minimum atomic E-state index is -0.956. The van der Waals surface area contributed by atoms with Gasteiger partial charge >= 0.3 is 0 Å². The smallest absolute Gasteiger partial charge is 0.166 e. The Labute approximate surface area is 211 Å². The summed E-state index contributed by atoms with van der Waals surface area (Å²) in [7, 11) is -0.956. The third-order valence-electron chi connectivity index (χ3n) is 5.86. The first-order valence-corrected chi connectivity index (χ1v) is 13.7. The van der Waals surface area contributed by atoms with Crippen LogP contribution in [0.5, 0.6) is 0 Å². The Morgan fingerprint density at radius 3 is 2.85 bits per heavy atom. The number of allylic oxidation sites excluding steroid dienone is 3. The average molecular weight is 545 g/mol. The molecule has 10 heteroatoms. The Bertz CT molecular complexity index is 1180. The maximum Gasteiger partial charge on any atom is 0.166 e.